The number of aromatic nitrogens is 2. The maximum Gasteiger partial charge on any atom is 0.228 e. The van der Waals surface area contributed by atoms with Crippen molar-refractivity contribution in [2.45, 2.75) is 57.1 Å². The maximum absolute atomic E-state index is 5.83. The van der Waals surface area contributed by atoms with Crippen molar-refractivity contribution in [1.29, 1.82) is 0 Å². The van der Waals surface area contributed by atoms with Crippen LogP contribution in [0.1, 0.15) is 50.7 Å². The van der Waals surface area contributed by atoms with Crippen molar-refractivity contribution in [2.75, 3.05) is 13.2 Å². The van der Waals surface area contributed by atoms with Crippen molar-refractivity contribution < 1.29 is 9.26 Å². The van der Waals surface area contributed by atoms with E-state index in [1.807, 2.05) is 0 Å². The molecule has 5 nitrogen and oxygen atoms in total. The van der Waals surface area contributed by atoms with Crippen molar-refractivity contribution in [2.24, 2.45) is 0 Å². The summed E-state index contributed by atoms with van der Waals surface area (Å²) in [6.07, 6.45) is 6.56. The lowest BCUT2D eigenvalue weighted by Gasteiger charge is -2.30. The summed E-state index contributed by atoms with van der Waals surface area (Å²) in [7, 11) is 0. The predicted molar refractivity (Wildman–Crippen MR) is 66.2 cm³/mol. The fraction of sp³-hybridized carbons (Fsp3) is 0.846. The molecule has 0 bridgehead atoms. The average molecular weight is 251 g/mol. The molecule has 5 heteroatoms. The van der Waals surface area contributed by atoms with E-state index in [0.717, 1.165) is 44.1 Å². The summed E-state index contributed by atoms with van der Waals surface area (Å²) in [6, 6.07) is 0.499. The molecule has 1 N–H and O–H groups in total. The molecule has 0 amide bonds. The molecule has 2 saturated heterocycles. The summed E-state index contributed by atoms with van der Waals surface area (Å²) in [5, 5.41) is 7.56. The Labute approximate surface area is 107 Å². The Kier molecular flexibility index (Phi) is 3.35. The summed E-state index contributed by atoms with van der Waals surface area (Å²) in [6.45, 7) is 3.96. The van der Waals surface area contributed by atoms with E-state index in [-0.39, 0.29) is 5.60 Å². The third-order valence-electron chi connectivity index (χ3n) is 3.99. The molecule has 18 heavy (non-hydrogen) atoms. The van der Waals surface area contributed by atoms with Crippen LogP contribution < -0.4 is 5.32 Å². The quantitative estimate of drug-likeness (QED) is 0.887. The zero-order valence-electron chi connectivity index (χ0n) is 10.9. The van der Waals surface area contributed by atoms with Gasteiger partial charge in [-0.2, -0.15) is 4.98 Å². The summed E-state index contributed by atoms with van der Waals surface area (Å²) < 4.78 is 11.2. The second-order valence-electron chi connectivity index (χ2n) is 5.55. The molecule has 2 aliphatic rings. The maximum atomic E-state index is 5.83. The van der Waals surface area contributed by atoms with Gasteiger partial charge in [-0.1, -0.05) is 5.16 Å². The highest BCUT2D eigenvalue weighted by Crippen LogP contribution is 2.32. The van der Waals surface area contributed by atoms with Crippen LogP contribution in [0.4, 0.5) is 0 Å². The van der Waals surface area contributed by atoms with Gasteiger partial charge in [-0.3, -0.25) is 0 Å². The van der Waals surface area contributed by atoms with Crippen LogP contribution in [0.25, 0.3) is 0 Å². The van der Waals surface area contributed by atoms with Crippen molar-refractivity contribution in [1.82, 2.24) is 15.5 Å². The van der Waals surface area contributed by atoms with Crippen LogP contribution in [0.3, 0.4) is 0 Å². The van der Waals surface area contributed by atoms with Crippen molar-refractivity contribution in [3.63, 3.8) is 0 Å². The minimum absolute atomic E-state index is 0.344. The van der Waals surface area contributed by atoms with Gasteiger partial charge in [0.1, 0.15) is 5.60 Å². The first-order chi connectivity index (χ1) is 8.76. The summed E-state index contributed by atoms with van der Waals surface area (Å²) in [5.74, 6) is 1.45. The average Bonchev–Trinajstić information content (AvgIpc) is 3.02. The van der Waals surface area contributed by atoms with Gasteiger partial charge in [0.2, 0.25) is 11.7 Å². The highest BCUT2D eigenvalue weighted by molar-refractivity contribution is 5.01. The lowest BCUT2D eigenvalue weighted by molar-refractivity contribution is -0.0770. The monoisotopic (exact) mass is 251 g/mol. The van der Waals surface area contributed by atoms with Crippen LogP contribution in [-0.2, 0) is 16.8 Å². The molecule has 0 radical (unpaired) electrons. The molecule has 3 rings (SSSR count). The molecular formula is C13H21N3O2. The molecule has 0 aromatic carbocycles. The molecule has 1 aromatic heterocycles. The van der Waals surface area contributed by atoms with Gasteiger partial charge in [0, 0.05) is 19.1 Å². The van der Waals surface area contributed by atoms with Crippen LogP contribution in [-0.4, -0.2) is 29.3 Å². The smallest absolute Gasteiger partial charge is 0.228 e. The Hall–Kier alpha value is -0.940. The Morgan fingerprint density at radius 1 is 1.39 bits per heavy atom. The largest absolute Gasteiger partial charge is 0.367 e. The molecule has 1 aromatic rings. The number of ether oxygens (including phenoxy) is 1. The van der Waals surface area contributed by atoms with Crippen molar-refractivity contribution in [3.05, 3.63) is 11.7 Å². The molecule has 0 aliphatic carbocycles. The second kappa shape index (κ2) is 4.97. The van der Waals surface area contributed by atoms with Gasteiger partial charge in [0.05, 0.1) is 0 Å². The molecule has 100 valence electrons. The number of rotatable bonds is 3. The number of hydrogen-bond acceptors (Lipinski definition) is 5. The topological polar surface area (TPSA) is 60.2 Å². The minimum Gasteiger partial charge on any atom is -0.367 e. The fourth-order valence-electron chi connectivity index (χ4n) is 2.80. The molecule has 2 atom stereocenters. The Morgan fingerprint density at radius 3 is 3.06 bits per heavy atom. The number of nitrogens with one attached hydrogen (secondary N) is 1. The van der Waals surface area contributed by atoms with E-state index in [2.05, 4.69) is 22.4 Å². The standard InChI is InChI=1S/C13H21N3O2/c1-13(6-2-3-8-17-13)12-15-11(18-16-12)9-10-5-4-7-14-10/h10,14H,2-9H2,1H3. The second-order valence-corrected chi connectivity index (χ2v) is 5.55. The first kappa shape index (κ1) is 12.1. The Balaban J connectivity index is 1.68. The summed E-state index contributed by atoms with van der Waals surface area (Å²) in [5.41, 5.74) is -0.344. The zero-order chi connectivity index (χ0) is 12.4. The third-order valence-corrected chi connectivity index (χ3v) is 3.99. The number of hydrogen-bond donors (Lipinski definition) is 1. The van der Waals surface area contributed by atoms with Gasteiger partial charge < -0.3 is 14.6 Å². The molecule has 2 aliphatic heterocycles. The molecular weight excluding hydrogens is 230 g/mol. The van der Waals surface area contributed by atoms with Crippen LogP contribution in [0.5, 0.6) is 0 Å². The normalized spacial score (nSPS) is 32.8. The highest BCUT2D eigenvalue weighted by Gasteiger charge is 2.35. The highest BCUT2D eigenvalue weighted by atomic mass is 16.5. The van der Waals surface area contributed by atoms with Crippen molar-refractivity contribution in [3.8, 4) is 0 Å². The lowest BCUT2D eigenvalue weighted by Crippen LogP contribution is -2.31. The van der Waals surface area contributed by atoms with Crippen LogP contribution in [0.15, 0.2) is 4.52 Å². The lowest BCUT2D eigenvalue weighted by atomic mass is 9.95. The molecule has 0 spiro atoms. The van der Waals surface area contributed by atoms with Gasteiger partial charge in [-0.05, 0) is 45.6 Å². The Bertz CT molecular complexity index is 393. The zero-order valence-corrected chi connectivity index (χ0v) is 10.9. The van der Waals surface area contributed by atoms with E-state index >= 15 is 0 Å². The van der Waals surface area contributed by atoms with Gasteiger partial charge in [0.25, 0.3) is 0 Å². The minimum atomic E-state index is -0.344. The summed E-state index contributed by atoms with van der Waals surface area (Å²) in [4.78, 5) is 4.53. The van der Waals surface area contributed by atoms with Crippen LogP contribution >= 0.6 is 0 Å². The van der Waals surface area contributed by atoms with Gasteiger partial charge in [-0.25, -0.2) is 0 Å². The Morgan fingerprint density at radius 2 is 2.33 bits per heavy atom. The van der Waals surface area contributed by atoms with Crippen LogP contribution in [0, 0.1) is 0 Å². The first-order valence-corrected chi connectivity index (χ1v) is 6.97. The fourth-order valence-corrected chi connectivity index (χ4v) is 2.80. The van der Waals surface area contributed by atoms with E-state index < -0.39 is 0 Å². The molecule has 2 fully saturated rings. The SMILES string of the molecule is CC1(c2noc(CC3CCCN3)n2)CCCCO1. The van der Waals surface area contributed by atoms with Gasteiger partial charge in [0.15, 0.2) is 0 Å². The van der Waals surface area contributed by atoms with Gasteiger partial charge >= 0.3 is 0 Å². The van der Waals surface area contributed by atoms with E-state index in [1.54, 1.807) is 0 Å². The molecule has 2 unspecified atom stereocenters. The van der Waals surface area contributed by atoms with E-state index in [1.165, 1.54) is 19.3 Å². The van der Waals surface area contributed by atoms with E-state index in [4.69, 9.17) is 9.26 Å². The van der Waals surface area contributed by atoms with Crippen molar-refractivity contribution >= 4 is 0 Å². The predicted octanol–water partition coefficient (Wildman–Crippen LogP) is 1.78. The third kappa shape index (κ3) is 2.42. The van der Waals surface area contributed by atoms with Gasteiger partial charge in [-0.15, -0.1) is 0 Å². The van der Waals surface area contributed by atoms with Crippen LogP contribution in [0.2, 0.25) is 0 Å². The summed E-state index contributed by atoms with van der Waals surface area (Å²) >= 11 is 0. The number of nitrogens with zero attached hydrogens (tertiary/aromatic N) is 2. The molecule has 3 heterocycles. The van der Waals surface area contributed by atoms with E-state index in [9.17, 15) is 0 Å². The van der Waals surface area contributed by atoms with E-state index in [0.29, 0.717) is 6.04 Å². The molecule has 0 saturated carbocycles. The first-order valence-electron chi connectivity index (χ1n) is 6.97.